The minimum absolute atomic E-state index is 0.105. The van der Waals surface area contributed by atoms with E-state index in [0.29, 0.717) is 33.4 Å². The second kappa shape index (κ2) is 9.04. The van der Waals surface area contributed by atoms with E-state index in [9.17, 15) is 10.1 Å². The van der Waals surface area contributed by atoms with Gasteiger partial charge in [-0.05, 0) is 56.7 Å². The van der Waals surface area contributed by atoms with Crippen LogP contribution in [0, 0.1) is 22.7 Å². The van der Waals surface area contributed by atoms with E-state index in [-0.39, 0.29) is 6.01 Å². The Morgan fingerprint density at radius 2 is 2.03 bits per heavy atom. The van der Waals surface area contributed by atoms with E-state index >= 15 is 0 Å². The van der Waals surface area contributed by atoms with Crippen LogP contribution in [0.4, 0.5) is 0 Å². The lowest BCUT2D eigenvalue weighted by Gasteiger charge is -2.18. The Labute approximate surface area is 190 Å². The van der Waals surface area contributed by atoms with Crippen molar-refractivity contribution in [2.24, 2.45) is 0 Å². The zero-order valence-electron chi connectivity index (χ0n) is 17.9. The van der Waals surface area contributed by atoms with Gasteiger partial charge in [-0.1, -0.05) is 11.6 Å². The van der Waals surface area contributed by atoms with Crippen molar-refractivity contribution in [2.45, 2.75) is 32.2 Å². The lowest BCUT2D eigenvalue weighted by molar-refractivity contribution is 0.0937. The first kappa shape index (κ1) is 22.7. The molecule has 2 heterocycles. The molecule has 162 valence electrons. The van der Waals surface area contributed by atoms with Gasteiger partial charge in [-0.2, -0.15) is 20.2 Å². The average Bonchev–Trinajstić information content (AvgIpc) is 3.23. The first-order chi connectivity index (χ1) is 15.2. The monoisotopic (exact) mass is 449 g/mol. The number of rotatable bonds is 6. The van der Waals surface area contributed by atoms with E-state index in [1.165, 1.54) is 24.1 Å². The van der Waals surface area contributed by atoms with Crippen LogP contribution in [0.2, 0.25) is 5.02 Å². The molecule has 1 aromatic carbocycles. The molecular formula is C22H20ClN7O2. The Kier molecular flexibility index (Phi) is 6.42. The maximum Gasteiger partial charge on any atom is 0.335 e. The number of nitrogens with zero attached hydrogens (tertiary/aromatic N) is 6. The summed E-state index contributed by atoms with van der Waals surface area (Å²) in [5.74, 6) is 0.403. The summed E-state index contributed by atoms with van der Waals surface area (Å²) >= 11 is 6.20. The number of amides is 1. The third kappa shape index (κ3) is 4.69. The molecule has 0 saturated carbocycles. The van der Waals surface area contributed by atoms with E-state index in [2.05, 4.69) is 26.5 Å². The predicted octanol–water partition coefficient (Wildman–Crippen LogP) is 3.49. The summed E-state index contributed by atoms with van der Waals surface area (Å²) < 4.78 is 6.58. The van der Waals surface area contributed by atoms with E-state index in [0.717, 1.165) is 0 Å². The van der Waals surface area contributed by atoms with Crippen LogP contribution >= 0.6 is 11.6 Å². The summed E-state index contributed by atoms with van der Waals surface area (Å²) in [4.78, 5) is 21.5. The van der Waals surface area contributed by atoms with Crippen molar-refractivity contribution in [1.82, 2.24) is 25.1 Å². The highest BCUT2D eigenvalue weighted by molar-refractivity contribution is 6.31. The molecule has 10 heteroatoms. The number of nitriles is 2. The molecule has 0 fully saturated rings. The van der Waals surface area contributed by atoms with Crippen molar-refractivity contribution < 1.29 is 9.53 Å². The quantitative estimate of drug-likeness (QED) is 0.609. The number of nitrogens with one attached hydrogen (secondary N) is 1. The number of hydrogen-bond acceptors (Lipinski definition) is 7. The molecule has 0 saturated heterocycles. The highest BCUT2D eigenvalue weighted by Gasteiger charge is 2.24. The first-order valence-corrected chi connectivity index (χ1v) is 9.97. The second-order valence-corrected chi connectivity index (χ2v) is 7.98. The summed E-state index contributed by atoms with van der Waals surface area (Å²) in [5.41, 5.74) is 0.551. The van der Waals surface area contributed by atoms with Crippen LogP contribution in [0.5, 0.6) is 6.01 Å². The Bertz CT molecular complexity index is 1240. The predicted molar refractivity (Wildman–Crippen MR) is 116 cm³/mol. The summed E-state index contributed by atoms with van der Waals surface area (Å²) in [6.07, 6.45) is 1.42. The number of benzene rings is 1. The number of carbonyl (C=O) groups is 1. The molecule has 9 nitrogen and oxygen atoms in total. The van der Waals surface area contributed by atoms with Gasteiger partial charge in [-0.25, -0.2) is 4.98 Å². The lowest BCUT2D eigenvalue weighted by atomic mass is 9.85. The summed E-state index contributed by atoms with van der Waals surface area (Å²) in [6.45, 7) is 5.25. The summed E-state index contributed by atoms with van der Waals surface area (Å²) in [7, 11) is 1.43. The maximum absolute atomic E-state index is 13.0. The maximum atomic E-state index is 13.0. The first-order valence-electron chi connectivity index (χ1n) is 9.59. The molecule has 0 spiro atoms. The number of methoxy groups -OCH3 is 1. The fraction of sp³-hybridized carbons (Fsp3) is 0.273. The van der Waals surface area contributed by atoms with Crippen molar-refractivity contribution >= 4 is 17.5 Å². The minimum atomic E-state index is -0.805. The van der Waals surface area contributed by atoms with Gasteiger partial charge in [0.25, 0.3) is 5.91 Å². The molecule has 0 radical (unpaired) electrons. The van der Waals surface area contributed by atoms with Crippen LogP contribution in [-0.4, -0.2) is 32.8 Å². The van der Waals surface area contributed by atoms with Gasteiger partial charge in [0.15, 0.2) is 11.6 Å². The van der Waals surface area contributed by atoms with Gasteiger partial charge < -0.3 is 10.1 Å². The summed E-state index contributed by atoms with van der Waals surface area (Å²) in [6, 6.07) is 11.8. The van der Waals surface area contributed by atoms with Crippen LogP contribution in [0.25, 0.3) is 5.82 Å². The Hall–Kier alpha value is -3.95. The minimum Gasteiger partial charge on any atom is -0.466 e. The lowest BCUT2D eigenvalue weighted by Crippen LogP contribution is -2.29. The Balaban J connectivity index is 1.92. The van der Waals surface area contributed by atoms with Crippen LogP contribution in [0.1, 0.15) is 54.1 Å². The van der Waals surface area contributed by atoms with Gasteiger partial charge >= 0.3 is 6.01 Å². The topological polar surface area (TPSA) is 130 Å². The number of carbonyl (C=O) groups excluding carboxylic acids is 1. The molecule has 1 atom stereocenters. The molecule has 1 amide bonds. The molecule has 0 bridgehead atoms. The number of pyridine rings is 1. The van der Waals surface area contributed by atoms with Crippen LogP contribution in [0.15, 0.2) is 36.5 Å². The van der Waals surface area contributed by atoms with Gasteiger partial charge in [0.05, 0.1) is 30.2 Å². The smallest absolute Gasteiger partial charge is 0.335 e. The highest BCUT2D eigenvalue weighted by Crippen LogP contribution is 2.27. The Morgan fingerprint density at radius 1 is 1.28 bits per heavy atom. The molecule has 3 aromatic rings. The molecule has 3 rings (SSSR count). The van der Waals surface area contributed by atoms with Crippen molar-refractivity contribution in [3.05, 3.63) is 64.1 Å². The van der Waals surface area contributed by atoms with Crippen molar-refractivity contribution in [2.75, 3.05) is 7.11 Å². The van der Waals surface area contributed by atoms with Gasteiger partial charge in [-0.15, -0.1) is 5.10 Å². The largest absolute Gasteiger partial charge is 0.466 e. The molecule has 2 aromatic heterocycles. The van der Waals surface area contributed by atoms with Crippen molar-refractivity contribution in [1.29, 1.82) is 10.5 Å². The molecule has 0 unspecified atom stereocenters. The number of ether oxygens (including phenoxy) is 1. The standard InChI is InChI=1S/C22H20ClN7O2/c1-13(27-20(31)15-7-16(9-17(23)8-15)22(2,3)12-25)19-28-21(32-4)29-30(19)18-6-5-14(10-24)11-26-18/h5-9,11,13H,1-4H3,(H,27,31)/t13-/m0/s1. The Morgan fingerprint density at radius 3 is 2.62 bits per heavy atom. The van der Waals surface area contributed by atoms with Crippen LogP contribution in [-0.2, 0) is 5.41 Å². The third-order valence-corrected chi connectivity index (χ3v) is 5.00. The van der Waals surface area contributed by atoms with Gasteiger partial charge in [0.2, 0.25) is 0 Å². The summed E-state index contributed by atoms with van der Waals surface area (Å²) in [5, 5.41) is 25.9. The van der Waals surface area contributed by atoms with E-state index < -0.39 is 17.4 Å². The second-order valence-electron chi connectivity index (χ2n) is 7.55. The fourth-order valence-corrected chi connectivity index (χ4v) is 3.14. The van der Waals surface area contributed by atoms with E-state index in [1.54, 1.807) is 45.0 Å². The molecule has 32 heavy (non-hydrogen) atoms. The number of aromatic nitrogens is 4. The van der Waals surface area contributed by atoms with Gasteiger partial charge in [-0.3, -0.25) is 4.79 Å². The van der Waals surface area contributed by atoms with E-state index in [1.807, 2.05) is 6.07 Å². The molecule has 0 aliphatic heterocycles. The van der Waals surface area contributed by atoms with E-state index in [4.69, 9.17) is 21.6 Å². The van der Waals surface area contributed by atoms with Crippen LogP contribution < -0.4 is 10.1 Å². The van der Waals surface area contributed by atoms with Gasteiger partial charge in [0, 0.05) is 16.8 Å². The zero-order valence-corrected chi connectivity index (χ0v) is 18.7. The van der Waals surface area contributed by atoms with Crippen LogP contribution in [0.3, 0.4) is 0 Å². The zero-order chi connectivity index (χ0) is 23.5. The SMILES string of the molecule is COc1nc([C@H](C)NC(=O)c2cc(Cl)cc(C(C)(C)C#N)c2)n(-c2ccc(C#N)cn2)n1. The molecular weight excluding hydrogens is 430 g/mol. The number of halogens is 1. The molecule has 0 aliphatic carbocycles. The third-order valence-electron chi connectivity index (χ3n) is 4.79. The average molecular weight is 450 g/mol. The van der Waals surface area contributed by atoms with Crippen molar-refractivity contribution in [3.8, 4) is 24.0 Å². The van der Waals surface area contributed by atoms with Crippen molar-refractivity contribution in [3.63, 3.8) is 0 Å². The molecule has 1 N–H and O–H groups in total. The van der Waals surface area contributed by atoms with Gasteiger partial charge in [0.1, 0.15) is 6.07 Å². The fourth-order valence-electron chi connectivity index (χ4n) is 2.91. The highest BCUT2D eigenvalue weighted by atomic mass is 35.5. The number of hydrogen-bond donors (Lipinski definition) is 1. The molecule has 0 aliphatic rings. The normalized spacial score (nSPS) is 11.8.